The number of para-hydroxylation sites is 1. The summed E-state index contributed by atoms with van der Waals surface area (Å²) in [6, 6.07) is 13.5. The molecule has 0 saturated carbocycles. The van der Waals surface area contributed by atoms with Crippen LogP contribution in [0.15, 0.2) is 65.7 Å². The quantitative estimate of drug-likeness (QED) is 0.623. The van der Waals surface area contributed by atoms with Crippen molar-refractivity contribution in [2.45, 2.75) is 6.54 Å². The van der Waals surface area contributed by atoms with Crippen molar-refractivity contribution in [1.82, 2.24) is 20.2 Å². The number of aromatic nitrogens is 4. The Hall–Kier alpha value is -3.28. The molecule has 6 nitrogen and oxygen atoms in total. The molecule has 0 saturated heterocycles. The first-order chi connectivity index (χ1) is 11.4. The summed E-state index contributed by atoms with van der Waals surface area (Å²) >= 11 is 0. The Labute approximate surface area is 132 Å². The molecule has 0 fully saturated rings. The summed E-state index contributed by atoms with van der Waals surface area (Å²) in [7, 11) is 0. The molecule has 1 N–H and O–H groups in total. The van der Waals surface area contributed by atoms with Gasteiger partial charge in [0.15, 0.2) is 12.0 Å². The van der Waals surface area contributed by atoms with Crippen molar-refractivity contribution in [3.8, 4) is 11.3 Å². The normalized spacial score (nSPS) is 10.8. The van der Waals surface area contributed by atoms with Crippen molar-refractivity contribution in [2.24, 2.45) is 0 Å². The standard InChI is InChI=1S/C17H13N5O/c1-4-12(16-15(7-1)23-11-20-16)10-19-17-13(5-2-8-18-17)14-6-3-9-21-22-14/h1-9,11H,10H2,(H,18,19). The van der Waals surface area contributed by atoms with Gasteiger partial charge in [-0.2, -0.15) is 10.2 Å². The van der Waals surface area contributed by atoms with Crippen LogP contribution in [0.2, 0.25) is 0 Å². The second kappa shape index (κ2) is 5.84. The SMILES string of the molecule is c1cnnc(-c2cccnc2NCc2cccc3ocnc23)c1. The molecule has 1 aromatic carbocycles. The topological polar surface area (TPSA) is 76.7 Å². The van der Waals surface area contributed by atoms with Gasteiger partial charge in [-0.15, -0.1) is 0 Å². The molecule has 3 heterocycles. The fourth-order valence-electron chi connectivity index (χ4n) is 2.46. The van der Waals surface area contributed by atoms with Crippen molar-refractivity contribution in [3.05, 3.63) is 66.8 Å². The van der Waals surface area contributed by atoms with E-state index in [1.54, 1.807) is 12.4 Å². The van der Waals surface area contributed by atoms with Gasteiger partial charge in [0, 0.05) is 30.1 Å². The molecule has 4 rings (SSSR count). The Kier molecular flexibility index (Phi) is 3.40. The van der Waals surface area contributed by atoms with Crippen molar-refractivity contribution >= 4 is 16.9 Å². The first kappa shape index (κ1) is 13.4. The van der Waals surface area contributed by atoms with Gasteiger partial charge in [-0.05, 0) is 30.3 Å². The number of hydrogen-bond donors (Lipinski definition) is 1. The Morgan fingerprint density at radius 2 is 1.91 bits per heavy atom. The number of nitrogens with zero attached hydrogens (tertiary/aromatic N) is 4. The summed E-state index contributed by atoms with van der Waals surface area (Å²) in [5, 5.41) is 11.4. The third-order valence-electron chi connectivity index (χ3n) is 3.55. The van der Waals surface area contributed by atoms with Gasteiger partial charge in [-0.25, -0.2) is 9.97 Å². The minimum absolute atomic E-state index is 0.591. The van der Waals surface area contributed by atoms with Crippen LogP contribution >= 0.6 is 0 Å². The van der Waals surface area contributed by atoms with Gasteiger partial charge in [-0.3, -0.25) is 0 Å². The summed E-state index contributed by atoms with van der Waals surface area (Å²) in [4.78, 5) is 8.68. The van der Waals surface area contributed by atoms with Gasteiger partial charge in [0.05, 0.1) is 5.69 Å². The maximum absolute atomic E-state index is 5.33. The highest BCUT2D eigenvalue weighted by Crippen LogP contribution is 2.24. The van der Waals surface area contributed by atoms with Crippen molar-refractivity contribution in [2.75, 3.05) is 5.32 Å². The van der Waals surface area contributed by atoms with E-state index in [0.29, 0.717) is 6.54 Å². The zero-order valence-electron chi connectivity index (χ0n) is 12.2. The summed E-state index contributed by atoms with van der Waals surface area (Å²) < 4.78 is 5.33. The molecule has 0 amide bonds. The molecular formula is C17H13N5O. The average Bonchev–Trinajstić information content (AvgIpc) is 3.10. The number of anilines is 1. The van der Waals surface area contributed by atoms with Crippen LogP contribution in [0.1, 0.15) is 5.56 Å². The molecule has 6 heteroatoms. The molecule has 4 aromatic rings. The third-order valence-corrected chi connectivity index (χ3v) is 3.55. The molecule has 0 atom stereocenters. The monoisotopic (exact) mass is 303 g/mol. The van der Waals surface area contributed by atoms with Crippen LogP contribution in [0.25, 0.3) is 22.4 Å². The van der Waals surface area contributed by atoms with E-state index in [1.165, 1.54) is 6.39 Å². The van der Waals surface area contributed by atoms with E-state index in [4.69, 9.17) is 4.42 Å². The Morgan fingerprint density at radius 3 is 2.83 bits per heavy atom. The van der Waals surface area contributed by atoms with Crippen molar-refractivity contribution in [1.29, 1.82) is 0 Å². The molecule has 0 bridgehead atoms. The molecule has 112 valence electrons. The molecule has 0 unspecified atom stereocenters. The molecule has 23 heavy (non-hydrogen) atoms. The lowest BCUT2D eigenvalue weighted by Gasteiger charge is -2.10. The third kappa shape index (κ3) is 2.62. The number of hydrogen-bond acceptors (Lipinski definition) is 6. The lowest BCUT2D eigenvalue weighted by molar-refractivity contribution is 0.602. The number of rotatable bonds is 4. The largest absolute Gasteiger partial charge is 0.443 e. The predicted molar refractivity (Wildman–Crippen MR) is 86.6 cm³/mol. The summed E-state index contributed by atoms with van der Waals surface area (Å²) in [6.45, 7) is 0.591. The fraction of sp³-hybridized carbons (Fsp3) is 0.0588. The van der Waals surface area contributed by atoms with E-state index >= 15 is 0 Å². The fourth-order valence-corrected chi connectivity index (χ4v) is 2.46. The number of nitrogens with one attached hydrogen (secondary N) is 1. The zero-order chi connectivity index (χ0) is 15.5. The molecule has 0 radical (unpaired) electrons. The van der Waals surface area contributed by atoms with Gasteiger partial charge in [0.25, 0.3) is 0 Å². The molecule has 0 aliphatic heterocycles. The van der Waals surface area contributed by atoms with E-state index in [0.717, 1.165) is 33.7 Å². The van der Waals surface area contributed by atoms with E-state index in [-0.39, 0.29) is 0 Å². The second-order valence-corrected chi connectivity index (χ2v) is 4.98. The minimum Gasteiger partial charge on any atom is -0.443 e. The highest BCUT2D eigenvalue weighted by atomic mass is 16.3. The highest BCUT2D eigenvalue weighted by molar-refractivity contribution is 5.77. The first-order valence-electron chi connectivity index (χ1n) is 7.20. The van der Waals surface area contributed by atoms with E-state index < -0.39 is 0 Å². The second-order valence-electron chi connectivity index (χ2n) is 4.98. The maximum Gasteiger partial charge on any atom is 0.181 e. The molecular weight excluding hydrogens is 290 g/mol. The van der Waals surface area contributed by atoms with Crippen LogP contribution in [0.5, 0.6) is 0 Å². The number of oxazole rings is 1. The van der Waals surface area contributed by atoms with Crippen LogP contribution in [-0.2, 0) is 6.54 Å². The molecule has 0 aliphatic carbocycles. The summed E-state index contributed by atoms with van der Waals surface area (Å²) in [5.41, 5.74) is 4.37. The number of benzene rings is 1. The molecule has 0 spiro atoms. The smallest absolute Gasteiger partial charge is 0.181 e. The van der Waals surface area contributed by atoms with Crippen molar-refractivity contribution < 1.29 is 4.42 Å². The van der Waals surface area contributed by atoms with E-state index in [9.17, 15) is 0 Å². The van der Waals surface area contributed by atoms with Crippen LogP contribution in [0, 0.1) is 0 Å². The highest BCUT2D eigenvalue weighted by Gasteiger charge is 2.09. The van der Waals surface area contributed by atoms with Gasteiger partial charge in [0.1, 0.15) is 11.3 Å². The van der Waals surface area contributed by atoms with Gasteiger partial charge < -0.3 is 9.73 Å². The van der Waals surface area contributed by atoms with E-state index in [2.05, 4.69) is 25.5 Å². The zero-order valence-corrected chi connectivity index (χ0v) is 12.2. The van der Waals surface area contributed by atoms with Crippen LogP contribution in [0.3, 0.4) is 0 Å². The van der Waals surface area contributed by atoms with E-state index in [1.807, 2.05) is 42.5 Å². The minimum atomic E-state index is 0.591. The van der Waals surface area contributed by atoms with Crippen LogP contribution in [-0.4, -0.2) is 20.2 Å². The summed E-state index contributed by atoms with van der Waals surface area (Å²) in [5.74, 6) is 0.758. The lowest BCUT2D eigenvalue weighted by atomic mass is 10.1. The van der Waals surface area contributed by atoms with Crippen LogP contribution < -0.4 is 5.32 Å². The summed E-state index contributed by atoms with van der Waals surface area (Å²) in [6.07, 6.45) is 4.86. The number of fused-ring (bicyclic) bond motifs is 1. The van der Waals surface area contributed by atoms with Crippen LogP contribution in [0.4, 0.5) is 5.82 Å². The Bertz CT molecular complexity index is 936. The predicted octanol–water partition coefficient (Wildman–Crippen LogP) is 3.29. The number of pyridine rings is 1. The molecule has 3 aromatic heterocycles. The Morgan fingerprint density at radius 1 is 0.957 bits per heavy atom. The van der Waals surface area contributed by atoms with Gasteiger partial charge in [0.2, 0.25) is 0 Å². The maximum atomic E-state index is 5.33. The molecule has 0 aliphatic rings. The first-order valence-corrected chi connectivity index (χ1v) is 7.20. The lowest BCUT2D eigenvalue weighted by Crippen LogP contribution is -2.04. The van der Waals surface area contributed by atoms with Gasteiger partial charge >= 0.3 is 0 Å². The van der Waals surface area contributed by atoms with Crippen molar-refractivity contribution in [3.63, 3.8) is 0 Å². The van der Waals surface area contributed by atoms with Gasteiger partial charge in [-0.1, -0.05) is 12.1 Å². The average molecular weight is 303 g/mol. The Balaban J connectivity index is 1.64.